The van der Waals surface area contributed by atoms with Crippen LogP contribution in [0.25, 0.3) is 0 Å². The van der Waals surface area contributed by atoms with Gasteiger partial charge in [-0.1, -0.05) is 12.8 Å². The quantitative estimate of drug-likeness (QED) is 0.704. The lowest BCUT2D eigenvalue weighted by molar-refractivity contribution is -0.146. The van der Waals surface area contributed by atoms with Crippen molar-refractivity contribution in [2.45, 2.75) is 44.6 Å². The number of nitrogens with one attached hydrogen (secondary N) is 1. The molecule has 1 atom stereocenters. The lowest BCUT2D eigenvalue weighted by Gasteiger charge is -2.18. The smallest absolute Gasteiger partial charge is 0.310 e. The van der Waals surface area contributed by atoms with E-state index in [0.29, 0.717) is 12.0 Å². The molecule has 0 bridgehead atoms. The summed E-state index contributed by atoms with van der Waals surface area (Å²) in [6.07, 6.45) is 7.63. The minimum absolute atomic E-state index is 0.0250. The van der Waals surface area contributed by atoms with E-state index in [2.05, 4.69) is 5.32 Å². The fourth-order valence-corrected chi connectivity index (χ4v) is 2.52. The van der Waals surface area contributed by atoms with Gasteiger partial charge in [0.25, 0.3) is 0 Å². The molecule has 2 saturated carbocycles. The fourth-order valence-electron chi connectivity index (χ4n) is 2.52. The Morgan fingerprint density at radius 1 is 1.33 bits per heavy atom. The van der Waals surface area contributed by atoms with Gasteiger partial charge in [-0.15, -0.1) is 0 Å². The second-order valence-corrected chi connectivity index (χ2v) is 4.86. The van der Waals surface area contributed by atoms with Gasteiger partial charge in [-0.05, 0) is 31.6 Å². The molecule has 2 aliphatic carbocycles. The first-order chi connectivity index (χ1) is 7.31. The van der Waals surface area contributed by atoms with Gasteiger partial charge in [-0.25, -0.2) is 0 Å². The van der Waals surface area contributed by atoms with Crippen molar-refractivity contribution in [3.05, 3.63) is 0 Å². The summed E-state index contributed by atoms with van der Waals surface area (Å²) in [5.74, 6) is 0.671. The van der Waals surface area contributed by atoms with E-state index in [4.69, 9.17) is 4.74 Å². The van der Waals surface area contributed by atoms with Crippen LogP contribution in [0.3, 0.4) is 0 Å². The Bertz CT molecular complexity index is 220. The van der Waals surface area contributed by atoms with Gasteiger partial charge in [-0.3, -0.25) is 4.79 Å². The third-order valence-corrected chi connectivity index (χ3v) is 3.68. The molecule has 0 amide bonds. The minimum atomic E-state index is -0.0250. The van der Waals surface area contributed by atoms with Crippen molar-refractivity contribution in [3.63, 3.8) is 0 Å². The highest BCUT2D eigenvalue weighted by molar-refractivity contribution is 5.73. The van der Waals surface area contributed by atoms with E-state index in [1.165, 1.54) is 45.6 Å². The number of hydrogen-bond acceptors (Lipinski definition) is 3. The molecule has 3 nitrogen and oxygen atoms in total. The molecule has 3 heteroatoms. The molecule has 0 radical (unpaired) electrons. The van der Waals surface area contributed by atoms with Crippen LogP contribution in [0.15, 0.2) is 0 Å². The van der Waals surface area contributed by atoms with Crippen LogP contribution < -0.4 is 5.32 Å². The molecule has 0 spiro atoms. The van der Waals surface area contributed by atoms with Crippen molar-refractivity contribution in [3.8, 4) is 0 Å². The van der Waals surface area contributed by atoms with E-state index in [1.54, 1.807) is 0 Å². The standard InChI is InChI=1S/C12H21NO2/c1-15-12(14)11(9-6-7-9)8-13-10-4-2-3-5-10/h9-11,13H,2-8H2,1H3. The highest BCUT2D eigenvalue weighted by atomic mass is 16.5. The summed E-state index contributed by atoms with van der Waals surface area (Å²) in [5.41, 5.74) is 0. The lowest BCUT2D eigenvalue weighted by Crippen LogP contribution is -2.36. The maximum Gasteiger partial charge on any atom is 0.310 e. The molecular weight excluding hydrogens is 190 g/mol. The summed E-state index contributed by atoms with van der Waals surface area (Å²) in [6, 6.07) is 0.649. The van der Waals surface area contributed by atoms with E-state index in [0.717, 1.165) is 6.54 Å². The largest absolute Gasteiger partial charge is 0.469 e. The van der Waals surface area contributed by atoms with Gasteiger partial charge in [0.15, 0.2) is 0 Å². The highest BCUT2D eigenvalue weighted by Crippen LogP contribution is 2.37. The maximum absolute atomic E-state index is 11.5. The van der Waals surface area contributed by atoms with Crippen molar-refractivity contribution in [1.29, 1.82) is 0 Å². The van der Waals surface area contributed by atoms with Gasteiger partial charge >= 0.3 is 5.97 Å². The number of methoxy groups -OCH3 is 1. The van der Waals surface area contributed by atoms with Crippen molar-refractivity contribution in [2.75, 3.05) is 13.7 Å². The molecule has 0 heterocycles. The summed E-state index contributed by atoms with van der Waals surface area (Å²) in [6.45, 7) is 0.821. The van der Waals surface area contributed by atoms with Crippen molar-refractivity contribution < 1.29 is 9.53 Å². The van der Waals surface area contributed by atoms with Crippen LogP contribution in [-0.4, -0.2) is 25.7 Å². The van der Waals surface area contributed by atoms with E-state index >= 15 is 0 Å². The van der Waals surface area contributed by atoms with E-state index in [9.17, 15) is 4.79 Å². The number of esters is 1. The third-order valence-electron chi connectivity index (χ3n) is 3.68. The first-order valence-electron chi connectivity index (χ1n) is 6.12. The van der Waals surface area contributed by atoms with Crippen LogP contribution in [0.1, 0.15) is 38.5 Å². The van der Waals surface area contributed by atoms with Gasteiger partial charge in [-0.2, -0.15) is 0 Å². The SMILES string of the molecule is COC(=O)C(CNC1CCCC1)C1CC1. The molecule has 0 aromatic carbocycles. The summed E-state index contributed by atoms with van der Waals surface area (Å²) in [5, 5.41) is 3.52. The molecule has 0 aliphatic heterocycles. The van der Waals surface area contributed by atoms with Crippen LogP contribution in [0.5, 0.6) is 0 Å². The van der Waals surface area contributed by atoms with E-state index < -0.39 is 0 Å². The zero-order valence-corrected chi connectivity index (χ0v) is 9.50. The molecule has 2 aliphatic rings. The predicted molar refractivity (Wildman–Crippen MR) is 58.5 cm³/mol. The molecule has 2 fully saturated rings. The summed E-state index contributed by atoms with van der Waals surface area (Å²) in [4.78, 5) is 11.5. The second kappa shape index (κ2) is 4.97. The average Bonchev–Trinajstić information content (AvgIpc) is 2.95. The zero-order valence-electron chi connectivity index (χ0n) is 9.50. The lowest BCUT2D eigenvalue weighted by atomic mass is 10.0. The third kappa shape index (κ3) is 2.94. The molecule has 0 saturated heterocycles. The Morgan fingerprint density at radius 3 is 2.53 bits per heavy atom. The molecule has 1 unspecified atom stereocenters. The van der Waals surface area contributed by atoms with Crippen LogP contribution in [0, 0.1) is 11.8 Å². The predicted octanol–water partition coefficient (Wildman–Crippen LogP) is 1.72. The molecule has 2 rings (SSSR count). The van der Waals surface area contributed by atoms with Gasteiger partial charge in [0.2, 0.25) is 0 Å². The molecule has 0 aromatic heterocycles. The topological polar surface area (TPSA) is 38.3 Å². The molecule has 0 aromatic rings. The number of hydrogen-bond donors (Lipinski definition) is 1. The summed E-state index contributed by atoms with van der Waals surface area (Å²) in [7, 11) is 1.49. The van der Waals surface area contributed by atoms with Gasteiger partial charge < -0.3 is 10.1 Å². The van der Waals surface area contributed by atoms with Crippen molar-refractivity contribution in [1.82, 2.24) is 5.32 Å². The number of carbonyl (C=O) groups excluding carboxylic acids is 1. The minimum Gasteiger partial charge on any atom is -0.469 e. The second-order valence-electron chi connectivity index (χ2n) is 4.86. The highest BCUT2D eigenvalue weighted by Gasteiger charge is 2.37. The summed E-state index contributed by atoms with van der Waals surface area (Å²) < 4.78 is 4.85. The Morgan fingerprint density at radius 2 is 2.00 bits per heavy atom. The Balaban J connectivity index is 1.75. The molecular formula is C12H21NO2. The van der Waals surface area contributed by atoms with Crippen LogP contribution in [0.2, 0.25) is 0 Å². The number of carbonyl (C=O) groups is 1. The average molecular weight is 211 g/mol. The van der Waals surface area contributed by atoms with Gasteiger partial charge in [0.05, 0.1) is 13.0 Å². The monoisotopic (exact) mass is 211 g/mol. The zero-order chi connectivity index (χ0) is 10.7. The Labute approximate surface area is 91.6 Å². The maximum atomic E-state index is 11.5. The van der Waals surface area contributed by atoms with Crippen molar-refractivity contribution in [2.24, 2.45) is 11.8 Å². The van der Waals surface area contributed by atoms with Crippen LogP contribution in [-0.2, 0) is 9.53 Å². The van der Waals surface area contributed by atoms with Gasteiger partial charge in [0.1, 0.15) is 0 Å². The Kier molecular flexibility index (Phi) is 3.62. The van der Waals surface area contributed by atoms with E-state index in [-0.39, 0.29) is 11.9 Å². The molecule has 86 valence electrons. The molecule has 1 N–H and O–H groups in total. The van der Waals surface area contributed by atoms with Gasteiger partial charge in [0, 0.05) is 12.6 Å². The first-order valence-corrected chi connectivity index (χ1v) is 6.12. The van der Waals surface area contributed by atoms with E-state index in [1.807, 2.05) is 0 Å². The van der Waals surface area contributed by atoms with Crippen molar-refractivity contribution >= 4 is 5.97 Å². The fraction of sp³-hybridized carbons (Fsp3) is 0.917. The summed E-state index contributed by atoms with van der Waals surface area (Å²) >= 11 is 0. The molecule has 15 heavy (non-hydrogen) atoms. The first kappa shape index (κ1) is 10.9. The van der Waals surface area contributed by atoms with Crippen LogP contribution in [0.4, 0.5) is 0 Å². The Hall–Kier alpha value is -0.570. The normalized spacial score (nSPS) is 24.1. The van der Waals surface area contributed by atoms with Crippen LogP contribution >= 0.6 is 0 Å². The number of rotatable bonds is 5. The number of ether oxygens (including phenoxy) is 1.